The van der Waals surface area contributed by atoms with Crippen LogP contribution in [0.15, 0.2) is 18.2 Å². The highest BCUT2D eigenvalue weighted by Crippen LogP contribution is 2.11. The van der Waals surface area contributed by atoms with Gasteiger partial charge in [0, 0.05) is 0 Å². The van der Waals surface area contributed by atoms with Crippen LogP contribution in [0.4, 0.5) is 4.39 Å². The third kappa shape index (κ3) is 3.15. The largest absolute Gasteiger partial charge is 0.393 e. The van der Waals surface area contributed by atoms with Crippen molar-refractivity contribution in [1.29, 1.82) is 0 Å². The maximum atomic E-state index is 12.8. The molecule has 0 saturated carbocycles. The molecule has 1 aromatic rings. The number of aliphatic hydroxyl groups is 1. The third-order valence-corrected chi connectivity index (χ3v) is 2.07. The number of benzene rings is 1. The van der Waals surface area contributed by atoms with E-state index in [1.165, 1.54) is 6.07 Å². The Balaban J connectivity index is 2.63. The van der Waals surface area contributed by atoms with E-state index >= 15 is 0 Å². The number of hydrogen-bond donors (Lipinski definition) is 1. The summed E-state index contributed by atoms with van der Waals surface area (Å²) in [4.78, 5) is 0. The van der Waals surface area contributed by atoms with Crippen LogP contribution in [0.1, 0.15) is 24.5 Å². The van der Waals surface area contributed by atoms with Gasteiger partial charge in [-0.3, -0.25) is 0 Å². The zero-order chi connectivity index (χ0) is 9.84. The van der Waals surface area contributed by atoms with E-state index < -0.39 is 0 Å². The molecule has 1 rings (SSSR count). The van der Waals surface area contributed by atoms with E-state index in [0.717, 1.165) is 18.4 Å². The Morgan fingerprint density at radius 3 is 2.69 bits per heavy atom. The number of rotatable bonds is 3. The summed E-state index contributed by atoms with van der Waals surface area (Å²) in [6.45, 7) is 3.51. The lowest BCUT2D eigenvalue weighted by molar-refractivity contribution is 0.185. The molecule has 2 heteroatoms. The van der Waals surface area contributed by atoms with Gasteiger partial charge in [-0.25, -0.2) is 4.39 Å². The van der Waals surface area contributed by atoms with Crippen LogP contribution in [0.25, 0.3) is 0 Å². The van der Waals surface area contributed by atoms with Gasteiger partial charge in [-0.2, -0.15) is 0 Å². The van der Waals surface area contributed by atoms with Crippen LogP contribution >= 0.6 is 0 Å². The standard InChI is InChI=1S/C11H15FO/c1-8-7-10(4-3-9(2)13)5-6-11(8)12/h5-7,9,13H,3-4H2,1-2H3/t9-/m1/s1. The highest BCUT2D eigenvalue weighted by Gasteiger charge is 2.00. The maximum Gasteiger partial charge on any atom is 0.126 e. The summed E-state index contributed by atoms with van der Waals surface area (Å²) in [6.07, 6.45) is 1.24. The monoisotopic (exact) mass is 182 g/mol. The minimum atomic E-state index is -0.287. The van der Waals surface area contributed by atoms with Crippen molar-refractivity contribution in [2.45, 2.75) is 32.8 Å². The molecule has 0 amide bonds. The van der Waals surface area contributed by atoms with Crippen molar-refractivity contribution in [3.63, 3.8) is 0 Å². The van der Waals surface area contributed by atoms with E-state index in [1.807, 2.05) is 6.07 Å². The SMILES string of the molecule is Cc1cc(CC[C@@H](C)O)ccc1F. The number of halogens is 1. The molecule has 0 radical (unpaired) electrons. The Labute approximate surface area is 78.2 Å². The molecule has 0 saturated heterocycles. The molecule has 0 spiro atoms. The normalized spacial score (nSPS) is 12.9. The predicted octanol–water partition coefficient (Wildman–Crippen LogP) is 2.45. The molecule has 1 aromatic carbocycles. The van der Waals surface area contributed by atoms with Crippen molar-refractivity contribution in [1.82, 2.24) is 0 Å². The fourth-order valence-electron chi connectivity index (χ4n) is 1.24. The molecule has 0 aromatic heterocycles. The van der Waals surface area contributed by atoms with Crippen molar-refractivity contribution in [2.24, 2.45) is 0 Å². The molecule has 0 aliphatic rings. The molecular formula is C11H15FO. The molecular weight excluding hydrogens is 167 g/mol. The van der Waals surface area contributed by atoms with Gasteiger partial charge >= 0.3 is 0 Å². The maximum absolute atomic E-state index is 12.8. The van der Waals surface area contributed by atoms with Crippen molar-refractivity contribution in [2.75, 3.05) is 0 Å². The summed E-state index contributed by atoms with van der Waals surface area (Å²) in [5, 5.41) is 9.06. The average molecular weight is 182 g/mol. The van der Waals surface area contributed by atoms with Gasteiger partial charge in [-0.15, -0.1) is 0 Å². The Hall–Kier alpha value is -0.890. The van der Waals surface area contributed by atoms with E-state index in [9.17, 15) is 4.39 Å². The van der Waals surface area contributed by atoms with Crippen LogP contribution in [-0.2, 0) is 6.42 Å². The van der Waals surface area contributed by atoms with Crippen LogP contribution in [0, 0.1) is 12.7 Å². The third-order valence-electron chi connectivity index (χ3n) is 2.07. The smallest absolute Gasteiger partial charge is 0.126 e. The first-order valence-electron chi connectivity index (χ1n) is 4.52. The van der Waals surface area contributed by atoms with Crippen LogP contribution in [-0.4, -0.2) is 11.2 Å². The number of aliphatic hydroxyl groups excluding tert-OH is 1. The van der Waals surface area contributed by atoms with E-state index in [-0.39, 0.29) is 11.9 Å². The molecule has 0 fully saturated rings. The Kier molecular flexibility index (Phi) is 3.43. The zero-order valence-corrected chi connectivity index (χ0v) is 8.05. The minimum Gasteiger partial charge on any atom is -0.393 e. The number of hydrogen-bond acceptors (Lipinski definition) is 1. The molecule has 72 valence electrons. The van der Waals surface area contributed by atoms with Crippen molar-refractivity contribution in [3.05, 3.63) is 35.1 Å². The van der Waals surface area contributed by atoms with Crippen molar-refractivity contribution < 1.29 is 9.50 Å². The second kappa shape index (κ2) is 4.38. The molecule has 13 heavy (non-hydrogen) atoms. The highest BCUT2D eigenvalue weighted by molar-refractivity contribution is 5.23. The lowest BCUT2D eigenvalue weighted by Crippen LogP contribution is -2.01. The Morgan fingerprint density at radius 2 is 2.15 bits per heavy atom. The summed E-state index contributed by atoms with van der Waals surface area (Å²) in [7, 11) is 0. The molecule has 1 atom stereocenters. The molecule has 0 unspecified atom stereocenters. The fraction of sp³-hybridized carbons (Fsp3) is 0.455. The Bertz CT molecular complexity index is 281. The molecule has 0 heterocycles. The van der Waals surface area contributed by atoms with Gasteiger partial charge in [-0.1, -0.05) is 12.1 Å². The van der Waals surface area contributed by atoms with Crippen LogP contribution in [0.5, 0.6) is 0 Å². The predicted molar refractivity (Wildman–Crippen MR) is 51.1 cm³/mol. The first kappa shape index (κ1) is 10.2. The fourth-order valence-corrected chi connectivity index (χ4v) is 1.24. The van der Waals surface area contributed by atoms with E-state index in [2.05, 4.69) is 0 Å². The van der Waals surface area contributed by atoms with Crippen LogP contribution in [0.3, 0.4) is 0 Å². The van der Waals surface area contributed by atoms with Crippen molar-refractivity contribution in [3.8, 4) is 0 Å². The summed E-state index contributed by atoms with van der Waals surface area (Å²) < 4.78 is 12.8. The van der Waals surface area contributed by atoms with Crippen LogP contribution in [0.2, 0.25) is 0 Å². The van der Waals surface area contributed by atoms with Gasteiger partial charge in [0.2, 0.25) is 0 Å². The van der Waals surface area contributed by atoms with Gasteiger partial charge in [0.25, 0.3) is 0 Å². The average Bonchev–Trinajstić information content (AvgIpc) is 2.07. The molecule has 0 aliphatic heterocycles. The summed E-state index contributed by atoms with van der Waals surface area (Å²) in [6, 6.07) is 5.08. The zero-order valence-electron chi connectivity index (χ0n) is 8.05. The second-order valence-corrected chi connectivity index (χ2v) is 3.47. The Morgan fingerprint density at radius 1 is 1.46 bits per heavy atom. The van der Waals surface area contributed by atoms with Gasteiger partial charge < -0.3 is 5.11 Å². The first-order valence-corrected chi connectivity index (χ1v) is 4.52. The van der Waals surface area contributed by atoms with Gasteiger partial charge in [0.1, 0.15) is 5.82 Å². The lowest BCUT2D eigenvalue weighted by Gasteiger charge is -2.05. The summed E-state index contributed by atoms with van der Waals surface area (Å²) >= 11 is 0. The van der Waals surface area contributed by atoms with Gasteiger partial charge in [-0.05, 0) is 43.9 Å². The van der Waals surface area contributed by atoms with E-state index in [1.54, 1.807) is 19.9 Å². The first-order chi connectivity index (χ1) is 6.09. The molecule has 1 nitrogen and oxygen atoms in total. The molecule has 0 aliphatic carbocycles. The lowest BCUT2D eigenvalue weighted by atomic mass is 10.1. The van der Waals surface area contributed by atoms with E-state index in [0.29, 0.717) is 5.56 Å². The molecule has 0 bridgehead atoms. The summed E-state index contributed by atoms with van der Waals surface area (Å²) in [5.74, 6) is -0.166. The number of aryl methyl sites for hydroxylation is 2. The van der Waals surface area contributed by atoms with Crippen LogP contribution < -0.4 is 0 Å². The molecule has 1 N–H and O–H groups in total. The van der Waals surface area contributed by atoms with E-state index in [4.69, 9.17) is 5.11 Å². The second-order valence-electron chi connectivity index (χ2n) is 3.47. The highest BCUT2D eigenvalue weighted by atomic mass is 19.1. The van der Waals surface area contributed by atoms with Crippen molar-refractivity contribution >= 4 is 0 Å². The van der Waals surface area contributed by atoms with Gasteiger partial charge in [0.05, 0.1) is 6.10 Å². The topological polar surface area (TPSA) is 20.2 Å². The summed E-state index contributed by atoms with van der Waals surface area (Å²) in [5.41, 5.74) is 1.75. The van der Waals surface area contributed by atoms with Gasteiger partial charge in [0.15, 0.2) is 0 Å². The quantitative estimate of drug-likeness (QED) is 0.761. The minimum absolute atomic E-state index is 0.166.